The van der Waals surface area contributed by atoms with Gasteiger partial charge in [-0.2, -0.15) is 0 Å². The van der Waals surface area contributed by atoms with Gasteiger partial charge in [0.15, 0.2) is 0 Å². The number of β-amino-alcohol motifs (C(OH)–C–C–N with tert-alkyl or cyclic N) is 1. The standard InChI is InChI=1S/C11H16N2O2S/c1-15-9-4-7(12)2-3-10(9)16-11-6-13-5-8(11)14/h2-4,8,11,13-14H,5-6,12H2,1H3. The normalized spacial score (nSPS) is 24.6. The zero-order valence-corrected chi connectivity index (χ0v) is 9.96. The lowest BCUT2D eigenvalue weighted by Gasteiger charge is -2.15. The highest BCUT2D eigenvalue weighted by atomic mass is 32.2. The van der Waals surface area contributed by atoms with Crippen LogP contribution >= 0.6 is 11.8 Å². The summed E-state index contributed by atoms with van der Waals surface area (Å²) < 4.78 is 5.27. The number of thioether (sulfide) groups is 1. The highest BCUT2D eigenvalue weighted by Crippen LogP contribution is 2.35. The number of methoxy groups -OCH3 is 1. The summed E-state index contributed by atoms with van der Waals surface area (Å²) >= 11 is 1.63. The van der Waals surface area contributed by atoms with Gasteiger partial charge in [0.2, 0.25) is 0 Å². The van der Waals surface area contributed by atoms with Gasteiger partial charge in [0.05, 0.1) is 13.2 Å². The van der Waals surface area contributed by atoms with Gasteiger partial charge >= 0.3 is 0 Å². The summed E-state index contributed by atoms with van der Waals surface area (Å²) in [7, 11) is 1.63. The number of hydrogen-bond donors (Lipinski definition) is 3. The first kappa shape index (κ1) is 11.6. The third-order valence-electron chi connectivity index (χ3n) is 2.59. The molecule has 0 aromatic heterocycles. The van der Waals surface area contributed by atoms with Crippen molar-refractivity contribution in [2.45, 2.75) is 16.2 Å². The van der Waals surface area contributed by atoms with E-state index in [0.717, 1.165) is 17.2 Å². The Morgan fingerprint density at radius 3 is 2.94 bits per heavy atom. The summed E-state index contributed by atoms with van der Waals surface area (Å²) in [6.07, 6.45) is -0.299. The maximum atomic E-state index is 9.72. The van der Waals surface area contributed by atoms with Gasteiger partial charge < -0.3 is 20.9 Å². The van der Waals surface area contributed by atoms with Gasteiger partial charge in [0.1, 0.15) is 5.75 Å². The molecule has 1 heterocycles. The molecule has 16 heavy (non-hydrogen) atoms. The third kappa shape index (κ3) is 2.42. The summed E-state index contributed by atoms with van der Waals surface area (Å²) in [5.41, 5.74) is 6.37. The van der Waals surface area contributed by atoms with Crippen LogP contribution in [-0.4, -0.2) is 36.7 Å². The Morgan fingerprint density at radius 1 is 1.50 bits per heavy atom. The van der Waals surface area contributed by atoms with E-state index in [1.165, 1.54) is 0 Å². The molecule has 1 aromatic rings. The molecule has 1 saturated heterocycles. The molecule has 5 heteroatoms. The van der Waals surface area contributed by atoms with Gasteiger partial charge in [-0.05, 0) is 12.1 Å². The number of aliphatic hydroxyl groups excluding tert-OH is 1. The Kier molecular flexibility index (Phi) is 3.58. The molecule has 88 valence electrons. The van der Waals surface area contributed by atoms with E-state index in [-0.39, 0.29) is 11.4 Å². The molecule has 1 fully saturated rings. The number of anilines is 1. The number of rotatable bonds is 3. The SMILES string of the molecule is COc1cc(N)ccc1SC1CNCC1O. The number of nitrogen functional groups attached to an aromatic ring is 1. The van der Waals surface area contributed by atoms with E-state index in [9.17, 15) is 5.11 Å². The van der Waals surface area contributed by atoms with Crippen LogP contribution in [0, 0.1) is 0 Å². The van der Waals surface area contributed by atoms with E-state index in [1.54, 1.807) is 24.9 Å². The van der Waals surface area contributed by atoms with Crippen molar-refractivity contribution in [3.63, 3.8) is 0 Å². The Labute approximate surface area is 99.2 Å². The Balaban J connectivity index is 2.14. The van der Waals surface area contributed by atoms with Crippen LogP contribution in [0.3, 0.4) is 0 Å². The van der Waals surface area contributed by atoms with Crippen molar-refractivity contribution in [2.24, 2.45) is 0 Å². The number of ether oxygens (including phenoxy) is 1. The first-order valence-electron chi connectivity index (χ1n) is 5.19. The number of nitrogens with two attached hydrogens (primary N) is 1. The summed E-state index contributed by atoms with van der Waals surface area (Å²) in [5, 5.41) is 13.1. The van der Waals surface area contributed by atoms with E-state index in [1.807, 2.05) is 12.1 Å². The first-order valence-corrected chi connectivity index (χ1v) is 6.07. The zero-order chi connectivity index (χ0) is 11.5. The van der Waals surface area contributed by atoms with E-state index >= 15 is 0 Å². The lowest BCUT2D eigenvalue weighted by Crippen LogP contribution is -2.19. The summed E-state index contributed by atoms with van der Waals surface area (Å²) in [6, 6.07) is 5.58. The molecule has 2 unspecified atom stereocenters. The monoisotopic (exact) mass is 240 g/mol. The van der Waals surface area contributed by atoms with Crippen LogP contribution in [0.4, 0.5) is 5.69 Å². The van der Waals surface area contributed by atoms with Gasteiger partial charge in [-0.3, -0.25) is 0 Å². The maximum absolute atomic E-state index is 9.72. The van der Waals surface area contributed by atoms with Crippen molar-refractivity contribution in [2.75, 3.05) is 25.9 Å². The predicted molar refractivity (Wildman–Crippen MR) is 65.9 cm³/mol. The molecule has 1 aliphatic rings. The molecule has 0 aliphatic carbocycles. The van der Waals surface area contributed by atoms with Crippen LogP contribution in [-0.2, 0) is 0 Å². The number of nitrogens with one attached hydrogen (secondary N) is 1. The number of aliphatic hydroxyl groups is 1. The minimum Gasteiger partial charge on any atom is -0.496 e. The third-order valence-corrected chi connectivity index (χ3v) is 3.97. The number of benzene rings is 1. The number of hydrogen-bond acceptors (Lipinski definition) is 5. The molecule has 2 atom stereocenters. The Bertz CT molecular complexity index is 373. The topological polar surface area (TPSA) is 67.5 Å². The average molecular weight is 240 g/mol. The van der Waals surface area contributed by atoms with E-state index in [4.69, 9.17) is 10.5 Å². The minimum atomic E-state index is -0.299. The van der Waals surface area contributed by atoms with E-state index < -0.39 is 0 Å². The van der Waals surface area contributed by atoms with Crippen molar-refractivity contribution >= 4 is 17.4 Å². The van der Waals surface area contributed by atoms with Crippen LogP contribution in [0.1, 0.15) is 0 Å². The van der Waals surface area contributed by atoms with Gasteiger partial charge in [0.25, 0.3) is 0 Å². The van der Waals surface area contributed by atoms with Crippen molar-refractivity contribution in [3.05, 3.63) is 18.2 Å². The van der Waals surface area contributed by atoms with Gasteiger partial charge in [-0.25, -0.2) is 0 Å². The molecule has 4 nitrogen and oxygen atoms in total. The van der Waals surface area contributed by atoms with Crippen molar-refractivity contribution in [1.82, 2.24) is 5.32 Å². The van der Waals surface area contributed by atoms with Crippen LogP contribution < -0.4 is 15.8 Å². The van der Waals surface area contributed by atoms with Crippen molar-refractivity contribution in [3.8, 4) is 5.75 Å². The smallest absolute Gasteiger partial charge is 0.134 e. The average Bonchev–Trinajstić information content (AvgIpc) is 2.67. The van der Waals surface area contributed by atoms with Crippen LogP contribution in [0.25, 0.3) is 0 Å². The summed E-state index contributed by atoms with van der Waals surface area (Å²) in [4.78, 5) is 1.02. The fraction of sp³-hybridized carbons (Fsp3) is 0.455. The van der Waals surface area contributed by atoms with Gasteiger partial charge in [0, 0.05) is 35.0 Å². The Morgan fingerprint density at radius 2 is 2.31 bits per heavy atom. The molecular weight excluding hydrogens is 224 g/mol. The highest BCUT2D eigenvalue weighted by Gasteiger charge is 2.26. The fourth-order valence-electron chi connectivity index (χ4n) is 1.71. The molecule has 1 aliphatic heterocycles. The van der Waals surface area contributed by atoms with E-state index in [0.29, 0.717) is 12.2 Å². The maximum Gasteiger partial charge on any atom is 0.134 e. The molecule has 1 aromatic carbocycles. The quantitative estimate of drug-likeness (QED) is 0.679. The highest BCUT2D eigenvalue weighted by molar-refractivity contribution is 8.00. The largest absolute Gasteiger partial charge is 0.496 e. The lowest BCUT2D eigenvalue weighted by atomic mass is 10.3. The summed E-state index contributed by atoms with van der Waals surface area (Å²) in [6.45, 7) is 1.48. The van der Waals surface area contributed by atoms with Gasteiger partial charge in [-0.15, -0.1) is 11.8 Å². The summed E-state index contributed by atoms with van der Waals surface area (Å²) in [5.74, 6) is 0.768. The molecule has 0 amide bonds. The van der Waals surface area contributed by atoms with Crippen LogP contribution in [0.2, 0.25) is 0 Å². The van der Waals surface area contributed by atoms with E-state index in [2.05, 4.69) is 5.32 Å². The van der Waals surface area contributed by atoms with Crippen LogP contribution in [0.5, 0.6) is 5.75 Å². The lowest BCUT2D eigenvalue weighted by molar-refractivity contribution is 0.201. The molecular formula is C11H16N2O2S. The second kappa shape index (κ2) is 4.95. The van der Waals surface area contributed by atoms with Gasteiger partial charge in [-0.1, -0.05) is 0 Å². The molecule has 4 N–H and O–H groups in total. The second-order valence-corrected chi connectivity index (χ2v) is 5.07. The predicted octanol–water partition coefficient (Wildman–Crippen LogP) is 0.702. The minimum absolute atomic E-state index is 0.178. The first-order chi connectivity index (χ1) is 7.70. The van der Waals surface area contributed by atoms with Crippen molar-refractivity contribution < 1.29 is 9.84 Å². The molecule has 0 bridgehead atoms. The molecule has 0 saturated carbocycles. The second-order valence-electron chi connectivity index (χ2n) is 3.79. The zero-order valence-electron chi connectivity index (χ0n) is 9.14. The van der Waals surface area contributed by atoms with Crippen LogP contribution in [0.15, 0.2) is 23.1 Å². The molecule has 2 rings (SSSR count). The Hall–Kier alpha value is -0.910. The molecule has 0 spiro atoms. The molecule has 0 radical (unpaired) electrons. The fourth-order valence-corrected chi connectivity index (χ4v) is 2.89. The van der Waals surface area contributed by atoms with Crippen molar-refractivity contribution in [1.29, 1.82) is 0 Å².